The molecule has 2 heterocycles. The highest BCUT2D eigenvalue weighted by molar-refractivity contribution is 7.20. The molecule has 0 unspecified atom stereocenters. The Labute approximate surface area is 166 Å². The van der Waals surface area contributed by atoms with Crippen molar-refractivity contribution in [2.75, 3.05) is 7.05 Å². The molecule has 0 N–H and O–H groups in total. The molecule has 4 aromatic rings. The number of fused-ring (bicyclic) bond motifs is 1. The van der Waals surface area contributed by atoms with Gasteiger partial charge in [0, 0.05) is 24.5 Å². The maximum absolute atomic E-state index is 13.9. The number of nitrogens with zero attached hydrogens (tertiary/aromatic N) is 3. The zero-order valence-electron chi connectivity index (χ0n) is 15.7. The van der Waals surface area contributed by atoms with E-state index in [9.17, 15) is 9.18 Å². The van der Waals surface area contributed by atoms with Gasteiger partial charge in [-0.3, -0.25) is 9.48 Å². The van der Waals surface area contributed by atoms with Crippen molar-refractivity contribution in [2.24, 2.45) is 0 Å². The van der Waals surface area contributed by atoms with Crippen LogP contribution in [0, 0.1) is 12.7 Å². The van der Waals surface area contributed by atoms with Crippen LogP contribution >= 0.6 is 11.3 Å². The molecule has 0 aliphatic carbocycles. The molecule has 0 atom stereocenters. The Bertz CT molecular complexity index is 1130. The van der Waals surface area contributed by atoms with Gasteiger partial charge in [-0.05, 0) is 24.6 Å². The number of hydrogen-bond acceptors (Lipinski definition) is 3. The number of aromatic nitrogens is 2. The molecule has 0 spiro atoms. The normalized spacial score (nSPS) is 11.1. The van der Waals surface area contributed by atoms with E-state index in [1.54, 1.807) is 30.1 Å². The van der Waals surface area contributed by atoms with Crippen LogP contribution in [0.3, 0.4) is 0 Å². The van der Waals surface area contributed by atoms with Gasteiger partial charge in [-0.15, -0.1) is 11.3 Å². The molecule has 0 saturated heterocycles. The lowest BCUT2D eigenvalue weighted by atomic mass is 10.2. The molecule has 4 nitrogen and oxygen atoms in total. The van der Waals surface area contributed by atoms with Crippen molar-refractivity contribution in [2.45, 2.75) is 20.0 Å². The zero-order chi connectivity index (χ0) is 19.7. The van der Waals surface area contributed by atoms with Crippen molar-refractivity contribution in [3.05, 3.63) is 88.2 Å². The van der Waals surface area contributed by atoms with Gasteiger partial charge in [-0.2, -0.15) is 5.10 Å². The SMILES string of the molecule is Cc1nn(Cc2ccccc2)c2sc(C(=O)N(C)Cc3ccccc3F)cc12. The van der Waals surface area contributed by atoms with E-state index in [4.69, 9.17) is 0 Å². The van der Waals surface area contributed by atoms with E-state index in [0.717, 1.165) is 21.5 Å². The van der Waals surface area contributed by atoms with E-state index in [1.807, 2.05) is 35.9 Å². The van der Waals surface area contributed by atoms with Crippen LogP contribution in [-0.4, -0.2) is 27.6 Å². The highest BCUT2D eigenvalue weighted by Crippen LogP contribution is 2.30. The fourth-order valence-electron chi connectivity index (χ4n) is 3.22. The smallest absolute Gasteiger partial charge is 0.264 e. The van der Waals surface area contributed by atoms with Crippen LogP contribution in [0.1, 0.15) is 26.5 Å². The Kier molecular flexibility index (Phi) is 4.96. The van der Waals surface area contributed by atoms with E-state index in [2.05, 4.69) is 17.2 Å². The average molecular weight is 393 g/mol. The second kappa shape index (κ2) is 7.56. The second-order valence-corrected chi connectivity index (χ2v) is 7.84. The summed E-state index contributed by atoms with van der Waals surface area (Å²) in [5.41, 5.74) is 2.56. The van der Waals surface area contributed by atoms with Crippen LogP contribution < -0.4 is 0 Å². The van der Waals surface area contributed by atoms with Crippen molar-refractivity contribution in [1.29, 1.82) is 0 Å². The summed E-state index contributed by atoms with van der Waals surface area (Å²) < 4.78 is 15.8. The molecule has 2 aromatic heterocycles. The molecular formula is C22H20FN3OS. The topological polar surface area (TPSA) is 38.1 Å². The number of rotatable bonds is 5. The first-order valence-corrected chi connectivity index (χ1v) is 9.84. The van der Waals surface area contributed by atoms with Gasteiger partial charge in [0.2, 0.25) is 0 Å². The van der Waals surface area contributed by atoms with Gasteiger partial charge in [-0.1, -0.05) is 48.5 Å². The van der Waals surface area contributed by atoms with Gasteiger partial charge in [-0.25, -0.2) is 4.39 Å². The number of aryl methyl sites for hydroxylation is 1. The molecule has 0 bridgehead atoms. The quantitative estimate of drug-likeness (QED) is 0.485. The van der Waals surface area contributed by atoms with E-state index in [0.29, 0.717) is 17.0 Å². The maximum Gasteiger partial charge on any atom is 0.264 e. The number of carbonyl (C=O) groups excluding carboxylic acids is 1. The predicted octanol–water partition coefficient (Wildman–Crippen LogP) is 4.87. The minimum Gasteiger partial charge on any atom is -0.337 e. The summed E-state index contributed by atoms with van der Waals surface area (Å²) in [6.45, 7) is 2.84. The first-order chi connectivity index (χ1) is 13.5. The molecule has 0 radical (unpaired) electrons. The molecule has 0 aliphatic rings. The molecule has 4 rings (SSSR count). The monoisotopic (exact) mass is 393 g/mol. The summed E-state index contributed by atoms with van der Waals surface area (Å²) in [7, 11) is 1.70. The molecule has 0 fully saturated rings. The average Bonchev–Trinajstić information content (AvgIpc) is 3.25. The Morgan fingerprint density at radius 3 is 2.61 bits per heavy atom. The van der Waals surface area contributed by atoms with Crippen molar-refractivity contribution >= 4 is 27.5 Å². The Morgan fingerprint density at radius 1 is 1.14 bits per heavy atom. The summed E-state index contributed by atoms with van der Waals surface area (Å²) in [6.07, 6.45) is 0. The first kappa shape index (κ1) is 18.4. The first-order valence-electron chi connectivity index (χ1n) is 9.02. The lowest BCUT2D eigenvalue weighted by Crippen LogP contribution is -2.25. The molecule has 0 aliphatic heterocycles. The van der Waals surface area contributed by atoms with Crippen LogP contribution in [0.25, 0.3) is 10.2 Å². The molecule has 142 valence electrons. The Morgan fingerprint density at radius 2 is 1.86 bits per heavy atom. The van der Waals surface area contributed by atoms with Gasteiger partial charge in [0.05, 0.1) is 17.1 Å². The van der Waals surface area contributed by atoms with Gasteiger partial charge in [0.25, 0.3) is 5.91 Å². The minimum atomic E-state index is -0.298. The van der Waals surface area contributed by atoms with Gasteiger partial charge >= 0.3 is 0 Å². The molecular weight excluding hydrogens is 373 g/mol. The second-order valence-electron chi connectivity index (χ2n) is 6.81. The molecule has 2 aromatic carbocycles. The molecule has 28 heavy (non-hydrogen) atoms. The third-order valence-corrected chi connectivity index (χ3v) is 5.84. The fourth-order valence-corrected chi connectivity index (χ4v) is 4.38. The van der Waals surface area contributed by atoms with Crippen LogP contribution in [-0.2, 0) is 13.1 Å². The Balaban J connectivity index is 1.59. The largest absolute Gasteiger partial charge is 0.337 e. The maximum atomic E-state index is 13.9. The lowest BCUT2D eigenvalue weighted by molar-refractivity contribution is 0.0788. The number of thiophene rings is 1. The van der Waals surface area contributed by atoms with Gasteiger partial charge in [0.15, 0.2) is 0 Å². The molecule has 0 saturated carbocycles. The van der Waals surface area contributed by atoms with Gasteiger partial charge < -0.3 is 4.90 Å². The van der Waals surface area contributed by atoms with E-state index in [1.165, 1.54) is 17.4 Å². The van der Waals surface area contributed by atoms with Crippen LogP contribution in [0.2, 0.25) is 0 Å². The van der Waals surface area contributed by atoms with Crippen LogP contribution in [0.4, 0.5) is 4.39 Å². The molecule has 1 amide bonds. The van der Waals surface area contributed by atoms with E-state index in [-0.39, 0.29) is 18.3 Å². The van der Waals surface area contributed by atoms with Gasteiger partial charge in [0.1, 0.15) is 10.6 Å². The number of halogens is 1. The Hall–Kier alpha value is -2.99. The number of hydrogen-bond donors (Lipinski definition) is 0. The highest BCUT2D eigenvalue weighted by atomic mass is 32.1. The summed E-state index contributed by atoms with van der Waals surface area (Å²) in [5, 5.41) is 5.61. The van der Waals surface area contributed by atoms with Crippen LogP contribution in [0.5, 0.6) is 0 Å². The third-order valence-electron chi connectivity index (χ3n) is 4.71. The third kappa shape index (κ3) is 3.55. The zero-order valence-corrected chi connectivity index (χ0v) is 16.5. The minimum absolute atomic E-state index is 0.116. The van der Waals surface area contributed by atoms with Crippen molar-refractivity contribution in [1.82, 2.24) is 14.7 Å². The van der Waals surface area contributed by atoms with Crippen LogP contribution in [0.15, 0.2) is 60.7 Å². The lowest BCUT2D eigenvalue weighted by Gasteiger charge is -2.16. The summed E-state index contributed by atoms with van der Waals surface area (Å²) in [4.78, 5) is 16.1. The van der Waals surface area contributed by atoms with E-state index < -0.39 is 0 Å². The fraction of sp³-hybridized carbons (Fsp3) is 0.182. The summed E-state index contributed by atoms with van der Waals surface area (Å²) in [5.74, 6) is -0.414. The summed E-state index contributed by atoms with van der Waals surface area (Å²) in [6, 6.07) is 18.5. The number of amides is 1. The van der Waals surface area contributed by atoms with E-state index >= 15 is 0 Å². The van der Waals surface area contributed by atoms with Crippen molar-refractivity contribution < 1.29 is 9.18 Å². The van der Waals surface area contributed by atoms with Crippen molar-refractivity contribution in [3.63, 3.8) is 0 Å². The number of carbonyl (C=O) groups is 1. The predicted molar refractivity (Wildman–Crippen MR) is 110 cm³/mol. The number of benzene rings is 2. The standard InChI is InChI=1S/C22H20FN3OS/c1-15-18-12-20(21(27)25(2)14-17-10-6-7-11-19(17)23)28-22(18)26(24-15)13-16-8-4-3-5-9-16/h3-12H,13-14H2,1-2H3. The van der Waals surface area contributed by atoms with Crippen molar-refractivity contribution in [3.8, 4) is 0 Å². The summed E-state index contributed by atoms with van der Waals surface area (Å²) >= 11 is 1.43. The molecule has 6 heteroatoms. The highest BCUT2D eigenvalue weighted by Gasteiger charge is 2.20.